The van der Waals surface area contributed by atoms with Gasteiger partial charge in [-0.25, -0.2) is 9.37 Å². The second-order valence-corrected chi connectivity index (χ2v) is 4.12. The van der Waals surface area contributed by atoms with E-state index >= 15 is 0 Å². The summed E-state index contributed by atoms with van der Waals surface area (Å²) in [4.78, 5) is 3.67. The molecular weight excluding hydrogens is 256 g/mol. The number of rotatable bonds is 1. The maximum Gasteiger partial charge on any atom is 0.417 e. The Morgan fingerprint density at radius 2 is 1.94 bits per heavy atom. The summed E-state index contributed by atoms with van der Waals surface area (Å²) in [6, 6.07) is 2.78. The molecule has 1 aromatic heterocycles. The molecule has 1 aromatic carbocycles. The molecule has 0 aliphatic rings. The number of nitrogen functional groups attached to an aromatic ring is 1. The number of anilines is 1. The molecule has 1 heterocycles. The number of alkyl halides is 3. The van der Waals surface area contributed by atoms with Crippen LogP contribution in [0.3, 0.4) is 0 Å². The minimum absolute atomic E-state index is 0.0939. The molecule has 0 bridgehead atoms. The van der Waals surface area contributed by atoms with Crippen molar-refractivity contribution < 1.29 is 17.6 Å². The van der Waals surface area contributed by atoms with Crippen LogP contribution in [0.1, 0.15) is 5.56 Å². The van der Waals surface area contributed by atoms with Gasteiger partial charge in [-0.2, -0.15) is 13.2 Å². The van der Waals surface area contributed by atoms with Crippen LogP contribution < -0.4 is 5.73 Å². The van der Waals surface area contributed by atoms with Gasteiger partial charge in [0.1, 0.15) is 5.82 Å². The second kappa shape index (κ2) is 3.99. The maximum atomic E-state index is 13.5. The summed E-state index contributed by atoms with van der Waals surface area (Å²) < 4.78 is 51.6. The molecule has 0 saturated heterocycles. The molecule has 0 radical (unpaired) electrons. The molecule has 0 spiro atoms. The summed E-state index contributed by atoms with van der Waals surface area (Å²) in [5.74, 6) is -0.967. The van der Waals surface area contributed by atoms with Gasteiger partial charge in [0.05, 0.1) is 11.3 Å². The Morgan fingerprint density at radius 1 is 1.24 bits per heavy atom. The molecule has 0 fully saturated rings. The van der Waals surface area contributed by atoms with E-state index in [9.17, 15) is 17.6 Å². The van der Waals surface area contributed by atoms with E-state index < -0.39 is 23.1 Å². The minimum atomic E-state index is -4.63. The minimum Gasteiger partial charge on any atom is -0.375 e. The molecule has 2 aromatic rings. The average molecular weight is 262 g/mol. The van der Waals surface area contributed by atoms with Gasteiger partial charge < -0.3 is 5.73 Å². The molecule has 90 valence electrons. The number of hydrogen-bond donors (Lipinski definition) is 1. The van der Waals surface area contributed by atoms with Gasteiger partial charge in [0.2, 0.25) is 0 Å². The van der Waals surface area contributed by atoms with E-state index in [2.05, 4.69) is 4.98 Å². The van der Waals surface area contributed by atoms with Crippen LogP contribution in [0.4, 0.5) is 22.7 Å². The van der Waals surface area contributed by atoms with E-state index in [1.54, 1.807) is 0 Å². The third kappa shape index (κ3) is 2.23. The second-order valence-electron chi connectivity index (χ2n) is 3.23. The lowest BCUT2D eigenvalue weighted by Gasteiger charge is -2.11. The molecule has 0 aliphatic heterocycles. The summed E-state index contributed by atoms with van der Waals surface area (Å²) in [5.41, 5.74) is 3.61. The largest absolute Gasteiger partial charge is 0.417 e. The highest BCUT2D eigenvalue weighted by Gasteiger charge is 2.35. The standard InChI is InChI=1S/C10H6F4N2S/c11-6-3-1-2-5(10(12,13)14)8(6)7-4-17-9(15)16-7/h1-4H,(H2,15,16). The van der Waals surface area contributed by atoms with E-state index in [1.165, 1.54) is 5.38 Å². The molecule has 0 amide bonds. The van der Waals surface area contributed by atoms with Crippen LogP contribution in [0, 0.1) is 5.82 Å². The Bertz CT molecular complexity index is 547. The van der Waals surface area contributed by atoms with E-state index in [4.69, 9.17) is 5.73 Å². The zero-order valence-corrected chi connectivity index (χ0v) is 9.07. The summed E-state index contributed by atoms with van der Waals surface area (Å²) in [6.07, 6.45) is -4.63. The van der Waals surface area contributed by atoms with Crippen LogP contribution >= 0.6 is 11.3 Å². The predicted octanol–water partition coefficient (Wildman–Crippen LogP) is 3.55. The van der Waals surface area contributed by atoms with Crippen LogP contribution in [0.15, 0.2) is 23.6 Å². The summed E-state index contributed by atoms with van der Waals surface area (Å²) in [7, 11) is 0. The number of benzene rings is 1. The summed E-state index contributed by atoms with van der Waals surface area (Å²) in [6.45, 7) is 0. The fourth-order valence-electron chi connectivity index (χ4n) is 1.42. The SMILES string of the molecule is Nc1nc(-c2c(F)cccc2C(F)(F)F)cs1. The molecule has 0 saturated carbocycles. The van der Waals surface area contributed by atoms with Gasteiger partial charge in [-0.15, -0.1) is 11.3 Å². The Balaban J connectivity index is 2.67. The number of aromatic nitrogens is 1. The normalized spacial score (nSPS) is 11.8. The molecule has 17 heavy (non-hydrogen) atoms. The summed E-state index contributed by atoms with van der Waals surface area (Å²) in [5, 5.41) is 1.39. The third-order valence-corrected chi connectivity index (χ3v) is 2.77. The van der Waals surface area contributed by atoms with Gasteiger partial charge in [-0.1, -0.05) is 6.07 Å². The van der Waals surface area contributed by atoms with E-state index in [-0.39, 0.29) is 10.8 Å². The highest BCUT2D eigenvalue weighted by molar-refractivity contribution is 7.13. The van der Waals surface area contributed by atoms with E-state index in [1.807, 2.05) is 0 Å². The van der Waals surface area contributed by atoms with Crippen molar-refractivity contribution in [1.82, 2.24) is 4.98 Å². The zero-order valence-electron chi connectivity index (χ0n) is 8.25. The summed E-state index contributed by atoms with van der Waals surface area (Å²) >= 11 is 0.960. The first kappa shape index (κ1) is 11.8. The lowest BCUT2D eigenvalue weighted by atomic mass is 10.0. The van der Waals surface area contributed by atoms with Crippen LogP contribution in [-0.4, -0.2) is 4.98 Å². The number of nitrogens with two attached hydrogens (primary N) is 1. The van der Waals surface area contributed by atoms with Gasteiger partial charge in [0, 0.05) is 10.9 Å². The van der Waals surface area contributed by atoms with E-state index in [0.29, 0.717) is 0 Å². The van der Waals surface area contributed by atoms with Crippen molar-refractivity contribution in [2.75, 3.05) is 5.73 Å². The first-order valence-corrected chi connectivity index (χ1v) is 5.34. The first-order chi connectivity index (χ1) is 7.89. The van der Waals surface area contributed by atoms with Gasteiger partial charge in [-0.3, -0.25) is 0 Å². The maximum absolute atomic E-state index is 13.5. The Labute approximate surface area is 97.7 Å². The lowest BCUT2D eigenvalue weighted by Crippen LogP contribution is -2.08. The Morgan fingerprint density at radius 3 is 2.47 bits per heavy atom. The molecule has 7 heteroatoms. The molecule has 0 aliphatic carbocycles. The van der Waals surface area contributed by atoms with Crippen molar-refractivity contribution in [3.8, 4) is 11.3 Å². The Kier molecular flexibility index (Phi) is 2.78. The average Bonchev–Trinajstić information content (AvgIpc) is 2.63. The predicted molar refractivity (Wildman–Crippen MR) is 56.9 cm³/mol. The zero-order chi connectivity index (χ0) is 12.6. The smallest absolute Gasteiger partial charge is 0.375 e. The fourth-order valence-corrected chi connectivity index (χ4v) is 1.98. The lowest BCUT2D eigenvalue weighted by molar-refractivity contribution is -0.137. The van der Waals surface area contributed by atoms with Crippen LogP contribution in [0.2, 0.25) is 0 Å². The topological polar surface area (TPSA) is 38.9 Å². The van der Waals surface area contributed by atoms with Crippen LogP contribution in [0.5, 0.6) is 0 Å². The van der Waals surface area contributed by atoms with Crippen molar-refractivity contribution in [2.24, 2.45) is 0 Å². The molecule has 0 atom stereocenters. The Hall–Kier alpha value is -1.63. The monoisotopic (exact) mass is 262 g/mol. The number of thiazole rings is 1. The van der Waals surface area contributed by atoms with Gasteiger partial charge in [-0.05, 0) is 12.1 Å². The first-order valence-electron chi connectivity index (χ1n) is 4.46. The van der Waals surface area contributed by atoms with Gasteiger partial charge in [0.25, 0.3) is 0 Å². The number of halogens is 4. The van der Waals surface area contributed by atoms with Gasteiger partial charge >= 0.3 is 6.18 Å². The number of nitrogens with zero attached hydrogens (tertiary/aromatic N) is 1. The molecular formula is C10H6F4N2S. The van der Waals surface area contributed by atoms with Gasteiger partial charge in [0.15, 0.2) is 5.13 Å². The highest BCUT2D eigenvalue weighted by Crippen LogP contribution is 2.38. The van der Waals surface area contributed by atoms with Crippen molar-refractivity contribution in [2.45, 2.75) is 6.18 Å². The van der Waals surface area contributed by atoms with Crippen LogP contribution in [0.25, 0.3) is 11.3 Å². The van der Waals surface area contributed by atoms with Crippen molar-refractivity contribution >= 4 is 16.5 Å². The third-order valence-electron chi connectivity index (χ3n) is 2.10. The quantitative estimate of drug-likeness (QED) is 0.798. The van der Waals surface area contributed by atoms with Crippen molar-refractivity contribution in [3.63, 3.8) is 0 Å². The number of hydrogen-bond acceptors (Lipinski definition) is 3. The molecule has 2 rings (SSSR count). The molecule has 0 unspecified atom stereocenters. The van der Waals surface area contributed by atoms with Crippen molar-refractivity contribution in [1.29, 1.82) is 0 Å². The van der Waals surface area contributed by atoms with E-state index in [0.717, 1.165) is 29.5 Å². The molecule has 2 N–H and O–H groups in total. The van der Waals surface area contributed by atoms with Crippen molar-refractivity contribution in [3.05, 3.63) is 35.0 Å². The fraction of sp³-hybridized carbons (Fsp3) is 0.100. The highest BCUT2D eigenvalue weighted by atomic mass is 32.1. The van der Waals surface area contributed by atoms with Crippen LogP contribution in [-0.2, 0) is 6.18 Å². The molecule has 2 nitrogen and oxygen atoms in total.